The highest BCUT2D eigenvalue weighted by Gasteiger charge is 2.22. The van der Waals surface area contributed by atoms with Crippen LogP contribution in [-0.2, 0) is 11.2 Å². The van der Waals surface area contributed by atoms with Crippen molar-refractivity contribution in [2.45, 2.75) is 12.8 Å². The third kappa shape index (κ3) is 2.73. The van der Waals surface area contributed by atoms with E-state index in [1.165, 1.54) is 11.3 Å². The number of benzene rings is 1. The van der Waals surface area contributed by atoms with Gasteiger partial charge in [0.25, 0.3) is 0 Å². The smallest absolute Gasteiger partial charge is 0.242 e. The van der Waals surface area contributed by atoms with Crippen LogP contribution in [0.5, 0.6) is 0 Å². The third-order valence-corrected chi connectivity index (χ3v) is 4.00. The molecule has 4 nitrogen and oxygen atoms in total. The first-order chi connectivity index (χ1) is 9.34. The van der Waals surface area contributed by atoms with Crippen molar-refractivity contribution in [1.29, 1.82) is 0 Å². The number of aryl methyl sites for hydroxylation is 1. The van der Waals surface area contributed by atoms with Gasteiger partial charge in [0.15, 0.2) is 0 Å². The molecule has 0 aliphatic carbocycles. The molecule has 1 aromatic carbocycles. The van der Waals surface area contributed by atoms with Crippen molar-refractivity contribution in [3.8, 4) is 0 Å². The Labute approximate surface area is 114 Å². The molecule has 3 rings (SSSR count). The summed E-state index contributed by atoms with van der Waals surface area (Å²) in [6.07, 6.45) is 2.28. The maximum Gasteiger partial charge on any atom is 0.242 e. The number of para-hydroxylation sites is 1. The predicted octanol–water partition coefficient (Wildman–Crippen LogP) is 0.871. The van der Waals surface area contributed by atoms with Gasteiger partial charge >= 0.3 is 0 Å². The Kier molecular flexibility index (Phi) is 3.69. The zero-order chi connectivity index (χ0) is 13.1. The van der Waals surface area contributed by atoms with E-state index in [0.717, 1.165) is 45.6 Å². The van der Waals surface area contributed by atoms with Crippen LogP contribution in [0.1, 0.15) is 12.0 Å². The molecule has 1 N–H and O–H groups in total. The number of carbonyl (C=O) groups excluding carboxylic acids is 1. The van der Waals surface area contributed by atoms with Gasteiger partial charge in [-0.3, -0.25) is 4.79 Å². The van der Waals surface area contributed by atoms with Crippen LogP contribution in [-0.4, -0.2) is 50.1 Å². The Hall–Kier alpha value is -1.55. The van der Waals surface area contributed by atoms with Crippen LogP contribution in [0.25, 0.3) is 0 Å². The number of amides is 1. The number of hydrogen-bond acceptors (Lipinski definition) is 3. The summed E-state index contributed by atoms with van der Waals surface area (Å²) in [4.78, 5) is 16.6. The fourth-order valence-corrected chi connectivity index (χ4v) is 2.95. The number of hydrogen-bond donors (Lipinski definition) is 1. The lowest BCUT2D eigenvalue weighted by Gasteiger charge is -2.34. The number of fused-ring (bicyclic) bond motifs is 1. The molecule has 0 saturated carbocycles. The lowest BCUT2D eigenvalue weighted by atomic mass is 10.0. The van der Waals surface area contributed by atoms with Gasteiger partial charge in [-0.25, -0.2) is 0 Å². The van der Waals surface area contributed by atoms with Crippen LogP contribution >= 0.6 is 0 Å². The van der Waals surface area contributed by atoms with E-state index in [2.05, 4.69) is 34.5 Å². The summed E-state index contributed by atoms with van der Waals surface area (Å²) in [6.45, 7) is 5.04. The molecule has 2 aliphatic heterocycles. The minimum absolute atomic E-state index is 0.262. The second kappa shape index (κ2) is 5.61. The zero-order valence-electron chi connectivity index (χ0n) is 11.3. The van der Waals surface area contributed by atoms with E-state index >= 15 is 0 Å². The normalized spacial score (nSPS) is 19.2. The highest BCUT2D eigenvalue weighted by molar-refractivity contribution is 5.82. The predicted molar refractivity (Wildman–Crippen MR) is 76.4 cm³/mol. The third-order valence-electron chi connectivity index (χ3n) is 4.00. The molecule has 0 radical (unpaired) electrons. The molecule has 102 valence electrons. The van der Waals surface area contributed by atoms with Gasteiger partial charge in [0.1, 0.15) is 0 Å². The number of piperazine rings is 1. The first-order valence-corrected chi connectivity index (χ1v) is 7.16. The van der Waals surface area contributed by atoms with Gasteiger partial charge < -0.3 is 15.1 Å². The summed E-state index contributed by atoms with van der Waals surface area (Å²) in [5.74, 6) is 0.262. The summed E-state index contributed by atoms with van der Waals surface area (Å²) in [7, 11) is 0. The van der Waals surface area contributed by atoms with Crippen LogP contribution in [0.3, 0.4) is 0 Å². The summed E-state index contributed by atoms with van der Waals surface area (Å²) in [6, 6.07) is 8.46. The Bertz CT molecular complexity index is 454. The quantitative estimate of drug-likeness (QED) is 0.856. The molecule has 1 fully saturated rings. The molecule has 1 amide bonds. The highest BCUT2D eigenvalue weighted by atomic mass is 16.2. The number of nitrogens with zero attached hydrogens (tertiary/aromatic N) is 2. The van der Waals surface area contributed by atoms with Gasteiger partial charge in [0, 0.05) is 38.4 Å². The second-order valence-corrected chi connectivity index (χ2v) is 5.28. The Morgan fingerprint density at radius 3 is 2.79 bits per heavy atom. The molecule has 0 unspecified atom stereocenters. The van der Waals surface area contributed by atoms with E-state index in [1.807, 2.05) is 4.90 Å². The zero-order valence-corrected chi connectivity index (χ0v) is 11.3. The molecule has 2 heterocycles. The summed E-state index contributed by atoms with van der Waals surface area (Å²) < 4.78 is 0. The van der Waals surface area contributed by atoms with Gasteiger partial charge in [0.2, 0.25) is 5.91 Å². The van der Waals surface area contributed by atoms with Gasteiger partial charge in [-0.05, 0) is 24.5 Å². The van der Waals surface area contributed by atoms with E-state index < -0.39 is 0 Å². The van der Waals surface area contributed by atoms with E-state index in [-0.39, 0.29) is 5.91 Å². The SMILES string of the molecule is O=C(CN1CCCc2ccccc21)N1CCNCC1. The van der Waals surface area contributed by atoms with Crippen LogP contribution in [0, 0.1) is 0 Å². The van der Waals surface area contributed by atoms with Gasteiger partial charge in [-0.1, -0.05) is 18.2 Å². The Morgan fingerprint density at radius 1 is 1.16 bits per heavy atom. The largest absolute Gasteiger partial charge is 0.362 e. The average molecular weight is 259 g/mol. The second-order valence-electron chi connectivity index (χ2n) is 5.28. The van der Waals surface area contributed by atoms with Crippen molar-refractivity contribution in [3.05, 3.63) is 29.8 Å². The van der Waals surface area contributed by atoms with Gasteiger partial charge in [-0.15, -0.1) is 0 Å². The topological polar surface area (TPSA) is 35.6 Å². The summed E-state index contributed by atoms with van der Waals surface area (Å²) in [5, 5.41) is 3.28. The molecule has 0 bridgehead atoms. The van der Waals surface area contributed by atoms with Crippen LogP contribution in [0.4, 0.5) is 5.69 Å². The van der Waals surface area contributed by atoms with Gasteiger partial charge in [0.05, 0.1) is 6.54 Å². The fourth-order valence-electron chi connectivity index (χ4n) is 2.95. The molecule has 4 heteroatoms. The minimum Gasteiger partial charge on any atom is -0.362 e. The monoisotopic (exact) mass is 259 g/mol. The molecule has 0 aromatic heterocycles. The molecular formula is C15H21N3O. The molecule has 19 heavy (non-hydrogen) atoms. The number of nitrogens with one attached hydrogen (secondary N) is 1. The van der Waals surface area contributed by atoms with Crippen molar-refractivity contribution >= 4 is 11.6 Å². The molecule has 1 saturated heterocycles. The Balaban J connectivity index is 1.68. The molecule has 0 atom stereocenters. The summed E-state index contributed by atoms with van der Waals surface area (Å²) >= 11 is 0. The van der Waals surface area contributed by atoms with Crippen LogP contribution < -0.4 is 10.2 Å². The maximum atomic E-state index is 12.3. The van der Waals surface area contributed by atoms with Crippen molar-refractivity contribution in [2.24, 2.45) is 0 Å². The molecule has 0 spiro atoms. The number of carbonyl (C=O) groups is 1. The molecular weight excluding hydrogens is 238 g/mol. The fraction of sp³-hybridized carbons (Fsp3) is 0.533. The molecule has 2 aliphatic rings. The van der Waals surface area contributed by atoms with Crippen molar-refractivity contribution < 1.29 is 4.79 Å². The maximum absolute atomic E-state index is 12.3. The standard InChI is InChI=1S/C15H21N3O/c19-15(17-10-7-16-8-11-17)12-18-9-3-5-13-4-1-2-6-14(13)18/h1-2,4,6,16H,3,5,7-12H2. The van der Waals surface area contributed by atoms with Crippen LogP contribution in [0.2, 0.25) is 0 Å². The lowest BCUT2D eigenvalue weighted by molar-refractivity contribution is -0.130. The first kappa shape index (κ1) is 12.5. The average Bonchev–Trinajstić information content (AvgIpc) is 2.48. The van der Waals surface area contributed by atoms with Crippen LogP contribution in [0.15, 0.2) is 24.3 Å². The van der Waals surface area contributed by atoms with E-state index in [0.29, 0.717) is 6.54 Å². The van der Waals surface area contributed by atoms with Crippen molar-refractivity contribution in [3.63, 3.8) is 0 Å². The van der Waals surface area contributed by atoms with E-state index in [1.54, 1.807) is 0 Å². The van der Waals surface area contributed by atoms with E-state index in [9.17, 15) is 4.79 Å². The highest BCUT2D eigenvalue weighted by Crippen LogP contribution is 2.26. The summed E-state index contributed by atoms with van der Waals surface area (Å²) in [5.41, 5.74) is 2.62. The first-order valence-electron chi connectivity index (χ1n) is 7.16. The minimum atomic E-state index is 0.262. The molecule has 1 aromatic rings. The lowest BCUT2D eigenvalue weighted by Crippen LogP contribution is -2.50. The van der Waals surface area contributed by atoms with Gasteiger partial charge in [-0.2, -0.15) is 0 Å². The number of anilines is 1. The number of rotatable bonds is 2. The Morgan fingerprint density at radius 2 is 1.95 bits per heavy atom. The van der Waals surface area contributed by atoms with Crippen molar-refractivity contribution in [2.75, 3.05) is 44.2 Å². The van der Waals surface area contributed by atoms with E-state index in [4.69, 9.17) is 0 Å². The van der Waals surface area contributed by atoms with Crippen molar-refractivity contribution in [1.82, 2.24) is 10.2 Å².